The summed E-state index contributed by atoms with van der Waals surface area (Å²) in [6.07, 6.45) is 8.78. The Morgan fingerprint density at radius 3 is 2.84 bits per heavy atom. The fraction of sp³-hybridized carbons (Fsp3) is 0.714. The number of amides is 1. The summed E-state index contributed by atoms with van der Waals surface area (Å²) in [5, 5.41) is 17.2. The van der Waals surface area contributed by atoms with Gasteiger partial charge < -0.3 is 10.4 Å². The number of aryl methyl sites for hydroxylation is 1. The number of nitrogens with one attached hydrogen (secondary N) is 1. The Hall–Kier alpha value is -1.36. The van der Waals surface area contributed by atoms with E-state index in [4.69, 9.17) is 0 Å². The molecular weight excluding hydrogens is 242 g/mol. The number of carbonyl (C=O) groups excluding carboxylic acids is 1. The molecule has 0 saturated heterocycles. The summed E-state index contributed by atoms with van der Waals surface area (Å²) in [7, 11) is 1.80. The van der Waals surface area contributed by atoms with Crippen molar-refractivity contribution in [2.24, 2.45) is 13.0 Å². The van der Waals surface area contributed by atoms with Crippen molar-refractivity contribution < 1.29 is 9.90 Å². The Bertz CT molecular complexity index is 434. The maximum Gasteiger partial charge on any atom is 0.220 e. The first-order valence-corrected chi connectivity index (χ1v) is 6.95. The van der Waals surface area contributed by atoms with Gasteiger partial charge in [-0.15, -0.1) is 0 Å². The van der Waals surface area contributed by atoms with Crippen molar-refractivity contribution in [3.63, 3.8) is 0 Å². The van der Waals surface area contributed by atoms with E-state index < -0.39 is 5.60 Å². The molecule has 0 spiro atoms. The predicted octanol–water partition coefficient (Wildman–Crippen LogP) is 1.32. The highest BCUT2D eigenvalue weighted by molar-refractivity contribution is 5.76. The van der Waals surface area contributed by atoms with Gasteiger partial charge in [-0.3, -0.25) is 9.48 Å². The summed E-state index contributed by atoms with van der Waals surface area (Å²) >= 11 is 0. The molecule has 1 saturated carbocycles. The van der Waals surface area contributed by atoms with Crippen LogP contribution in [0.2, 0.25) is 0 Å². The maximum atomic E-state index is 11.8. The van der Waals surface area contributed by atoms with Crippen molar-refractivity contribution in [3.05, 3.63) is 18.0 Å². The lowest BCUT2D eigenvalue weighted by Gasteiger charge is -2.22. The van der Waals surface area contributed by atoms with Gasteiger partial charge in [0.05, 0.1) is 12.7 Å². The van der Waals surface area contributed by atoms with Gasteiger partial charge in [-0.1, -0.05) is 12.8 Å². The van der Waals surface area contributed by atoms with Crippen molar-refractivity contribution in [2.75, 3.05) is 6.54 Å². The van der Waals surface area contributed by atoms with Gasteiger partial charge in [0.1, 0.15) is 5.60 Å². The molecule has 1 aliphatic carbocycles. The molecule has 0 aromatic carbocycles. The Morgan fingerprint density at radius 2 is 2.26 bits per heavy atom. The van der Waals surface area contributed by atoms with Gasteiger partial charge in [0.15, 0.2) is 0 Å². The van der Waals surface area contributed by atoms with E-state index in [1.165, 1.54) is 12.8 Å². The zero-order chi connectivity index (χ0) is 13.9. The second-order valence-electron chi connectivity index (χ2n) is 5.81. The number of aliphatic hydroxyl groups is 1. The molecule has 106 valence electrons. The lowest BCUT2D eigenvalue weighted by atomic mass is 9.99. The molecule has 1 aromatic heterocycles. The highest BCUT2D eigenvalue weighted by Crippen LogP contribution is 2.27. The molecule has 0 bridgehead atoms. The quantitative estimate of drug-likeness (QED) is 0.844. The van der Waals surface area contributed by atoms with Crippen molar-refractivity contribution in [1.82, 2.24) is 15.1 Å². The molecule has 0 radical (unpaired) electrons. The second kappa shape index (κ2) is 5.74. The lowest BCUT2D eigenvalue weighted by molar-refractivity contribution is -0.123. The Balaban J connectivity index is 1.81. The van der Waals surface area contributed by atoms with Crippen LogP contribution in [-0.4, -0.2) is 27.3 Å². The zero-order valence-electron chi connectivity index (χ0n) is 11.7. The fourth-order valence-electron chi connectivity index (χ4n) is 2.62. The molecule has 1 heterocycles. The normalized spacial score (nSPS) is 19.3. The van der Waals surface area contributed by atoms with Crippen LogP contribution in [0.3, 0.4) is 0 Å². The van der Waals surface area contributed by atoms with Gasteiger partial charge in [-0.25, -0.2) is 0 Å². The average molecular weight is 265 g/mol. The number of hydrogen-bond acceptors (Lipinski definition) is 3. The Labute approximate surface area is 114 Å². The number of rotatable bonds is 5. The predicted molar refractivity (Wildman–Crippen MR) is 72.4 cm³/mol. The summed E-state index contributed by atoms with van der Waals surface area (Å²) in [5.41, 5.74) is -0.351. The molecule has 0 aliphatic heterocycles. The van der Waals surface area contributed by atoms with E-state index >= 15 is 0 Å². The first-order chi connectivity index (χ1) is 8.97. The van der Waals surface area contributed by atoms with Crippen LogP contribution in [0.1, 0.15) is 44.6 Å². The van der Waals surface area contributed by atoms with Crippen molar-refractivity contribution in [2.45, 2.75) is 44.6 Å². The highest BCUT2D eigenvalue weighted by Gasteiger charge is 2.26. The second-order valence-corrected chi connectivity index (χ2v) is 5.81. The summed E-state index contributed by atoms with van der Waals surface area (Å²) in [6.45, 7) is 1.92. The van der Waals surface area contributed by atoms with E-state index in [-0.39, 0.29) is 12.5 Å². The average Bonchev–Trinajstić information content (AvgIpc) is 2.98. The van der Waals surface area contributed by atoms with Gasteiger partial charge in [-0.2, -0.15) is 5.10 Å². The van der Waals surface area contributed by atoms with E-state index in [1.807, 2.05) is 0 Å². The standard InChI is InChI=1S/C14H23N3O2/c1-14(19,12-8-16-17(2)9-12)10-15-13(18)7-11-5-3-4-6-11/h8-9,11,19H,3-7,10H2,1-2H3,(H,15,18). The van der Waals surface area contributed by atoms with Crippen LogP contribution < -0.4 is 5.32 Å². The molecule has 2 rings (SSSR count). The molecule has 2 N–H and O–H groups in total. The minimum atomic E-state index is -1.07. The Kier molecular flexibility index (Phi) is 4.24. The third kappa shape index (κ3) is 3.80. The van der Waals surface area contributed by atoms with Crippen LogP contribution in [-0.2, 0) is 17.4 Å². The fourth-order valence-corrected chi connectivity index (χ4v) is 2.62. The summed E-state index contributed by atoms with van der Waals surface area (Å²) in [4.78, 5) is 11.8. The van der Waals surface area contributed by atoms with Crippen LogP contribution in [0.25, 0.3) is 0 Å². The summed E-state index contributed by atoms with van der Waals surface area (Å²) < 4.78 is 1.64. The number of hydrogen-bond donors (Lipinski definition) is 2. The van der Waals surface area contributed by atoms with Crippen molar-refractivity contribution in [1.29, 1.82) is 0 Å². The monoisotopic (exact) mass is 265 g/mol. The highest BCUT2D eigenvalue weighted by atomic mass is 16.3. The SMILES string of the molecule is Cn1cc(C(C)(O)CNC(=O)CC2CCCC2)cn1. The molecule has 1 fully saturated rings. The van der Waals surface area contributed by atoms with E-state index in [1.54, 1.807) is 31.0 Å². The number of aromatic nitrogens is 2. The number of carbonyl (C=O) groups is 1. The van der Waals surface area contributed by atoms with Gasteiger partial charge in [0.2, 0.25) is 5.91 Å². The smallest absolute Gasteiger partial charge is 0.220 e. The summed E-state index contributed by atoms with van der Waals surface area (Å²) in [5.74, 6) is 0.569. The number of nitrogens with zero attached hydrogens (tertiary/aromatic N) is 2. The van der Waals surface area contributed by atoms with Gasteiger partial charge in [0, 0.05) is 25.2 Å². The molecule has 1 aromatic rings. The largest absolute Gasteiger partial charge is 0.383 e. The van der Waals surface area contributed by atoms with Crippen LogP contribution in [0.15, 0.2) is 12.4 Å². The lowest BCUT2D eigenvalue weighted by Crippen LogP contribution is -2.38. The first kappa shape index (κ1) is 14.1. The molecular formula is C14H23N3O2. The molecule has 1 unspecified atom stereocenters. The maximum absolute atomic E-state index is 11.8. The van der Waals surface area contributed by atoms with Crippen LogP contribution >= 0.6 is 0 Å². The third-order valence-corrected chi connectivity index (χ3v) is 3.91. The molecule has 1 aliphatic rings. The van der Waals surface area contributed by atoms with Crippen LogP contribution in [0.5, 0.6) is 0 Å². The molecule has 5 nitrogen and oxygen atoms in total. The third-order valence-electron chi connectivity index (χ3n) is 3.91. The van der Waals surface area contributed by atoms with Crippen molar-refractivity contribution >= 4 is 5.91 Å². The Morgan fingerprint density at radius 1 is 1.58 bits per heavy atom. The topological polar surface area (TPSA) is 67.2 Å². The molecule has 1 atom stereocenters. The van der Waals surface area contributed by atoms with E-state index in [0.717, 1.165) is 18.4 Å². The minimum Gasteiger partial charge on any atom is -0.383 e. The van der Waals surface area contributed by atoms with E-state index in [2.05, 4.69) is 10.4 Å². The van der Waals surface area contributed by atoms with Crippen LogP contribution in [0, 0.1) is 5.92 Å². The molecule has 5 heteroatoms. The van der Waals surface area contributed by atoms with Crippen LogP contribution in [0.4, 0.5) is 0 Å². The summed E-state index contributed by atoms with van der Waals surface area (Å²) in [6, 6.07) is 0. The van der Waals surface area contributed by atoms with E-state index in [9.17, 15) is 9.90 Å². The molecule has 19 heavy (non-hydrogen) atoms. The van der Waals surface area contributed by atoms with Crippen molar-refractivity contribution in [3.8, 4) is 0 Å². The molecule has 1 amide bonds. The minimum absolute atomic E-state index is 0.0380. The zero-order valence-corrected chi connectivity index (χ0v) is 11.7. The van der Waals surface area contributed by atoms with Gasteiger partial charge >= 0.3 is 0 Å². The first-order valence-electron chi connectivity index (χ1n) is 6.95. The van der Waals surface area contributed by atoms with Gasteiger partial charge in [0.25, 0.3) is 0 Å². The van der Waals surface area contributed by atoms with E-state index in [0.29, 0.717) is 12.3 Å². The van der Waals surface area contributed by atoms with Gasteiger partial charge in [-0.05, 0) is 25.7 Å².